The van der Waals surface area contributed by atoms with Crippen molar-refractivity contribution in [3.8, 4) is 0 Å². The molecule has 20 rings (SSSR count). The summed E-state index contributed by atoms with van der Waals surface area (Å²) in [6, 6.07) is 83.2. The van der Waals surface area contributed by atoms with Gasteiger partial charge >= 0.3 is 5.97 Å². The van der Waals surface area contributed by atoms with Gasteiger partial charge in [-0.15, -0.1) is 0 Å². The van der Waals surface area contributed by atoms with Crippen LogP contribution in [-0.2, 0) is 64.0 Å². The van der Waals surface area contributed by atoms with Crippen molar-refractivity contribution in [2.45, 2.75) is 208 Å². The summed E-state index contributed by atoms with van der Waals surface area (Å²) in [5.41, 5.74) is 7.86. The molecule has 133 heavy (non-hydrogen) atoms. The van der Waals surface area contributed by atoms with Gasteiger partial charge < -0.3 is 69.6 Å². The number of amides is 7. The summed E-state index contributed by atoms with van der Waals surface area (Å²) in [6.07, 6.45) is 30.0. The first kappa shape index (κ1) is 94.8. The number of piperidine rings is 5. The highest BCUT2D eigenvalue weighted by molar-refractivity contribution is 5.99. The third kappa shape index (κ3) is 23.2. The standard InChI is InChI=1S/2C28H35N3O2.C27H34N4O2.C16H20N2O3.C12H17N/c2*32-26(29-18-14-24(15-19-29)20-23-10-4-1-5-11-23)21-30-22-31(25-12-6-2-7-13-25)28(27(30)33)16-8-3-9-17-28;32-25(29-17-11-23(12-18-29)19-22-7-3-1-4-8-22)20-30-21-31(24-9-5-2-6-10-24)27(26(30)33)13-15-28-16-14-27;19-14(20)11-17-12-18(13-7-3-1-4-8-13)16(15(17)21)9-5-2-6-10-16;1-2-4-11(5-3-1)10-12-6-8-13-9-7-12/h2*1-2,4-7,10-13,24H,3,8-9,14-22H2;1-10,23,28H,11-21H2;1,3-4,7-8H,2,5-6,9-12H2,(H,19,20);1-5,12-13H,6-10H2. The molecule has 3 N–H and O–H groups in total. The van der Waals surface area contributed by atoms with E-state index in [9.17, 15) is 38.4 Å². The average Bonchev–Trinajstić information content (AvgIpc) is 1.61. The minimum Gasteiger partial charge on any atom is -0.480 e. The molecule has 0 unspecified atom stereocenters. The van der Waals surface area contributed by atoms with E-state index in [0.717, 1.165) is 235 Å². The van der Waals surface area contributed by atoms with Gasteiger partial charge in [0.05, 0.1) is 26.7 Å². The van der Waals surface area contributed by atoms with E-state index < -0.39 is 28.1 Å². The SMILES string of the molecule is O=C(CN1CN(c2ccccc2)C2(CCCCC2)C1=O)N1CCC(Cc2ccccc2)CC1.O=C(CN1CN(c2ccccc2)C2(CCCCC2)C1=O)N1CCC(Cc2ccccc2)CC1.O=C(CN1CN(c2ccccc2)C2(CCNCC2)C1=O)N1CCC(Cc2ccccc2)CC1.O=C(O)CN1CN(c2ccccc2)C2(CCCCC2)C1=O.c1ccc(CC2CCNCC2)cc1. The first-order valence-electron chi connectivity index (χ1n) is 50.2. The zero-order valence-corrected chi connectivity index (χ0v) is 78.3. The van der Waals surface area contributed by atoms with Crippen molar-refractivity contribution in [3.05, 3.63) is 265 Å². The third-order valence-corrected chi connectivity index (χ3v) is 30.9. The number of aliphatic carboxylic acids is 1. The zero-order valence-electron chi connectivity index (χ0n) is 78.3. The second kappa shape index (κ2) is 45.6. The van der Waals surface area contributed by atoms with Crippen LogP contribution >= 0.6 is 0 Å². The van der Waals surface area contributed by atoms with Crippen molar-refractivity contribution in [2.75, 3.05) is 138 Å². The molecule has 0 aromatic heterocycles. The number of benzene rings is 8. The van der Waals surface area contributed by atoms with Crippen LogP contribution in [0.25, 0.3) is 0 Å². The second-order valence-electron chi connectivity index (χ2n) is 39.5. The van der Waals surface area contributed by atoms with Crippen molar-refractivity contribution in [1.29, 1.82) is 0 Å². The fourth-order valence-electron chi connectivity index (χ4n) is 23.5. The molecule has 3 aliphatic carbocycles. The Morgan fingerprint density at radius 2 is 0.474 bits per heavy atom. The number of nitrogens with one attached hydrogen (secondary N) is 2. The Morgan fingerprint density at radius 3 is 0.714 bits per heavy atom. The van der Waals surface area contributed by atoms with E-state index >= 15 is 0 Å². The Labute approximate surface area is 788 Å². The molecule has 8 aromatic rings. The van der Waals surface area contributed by atoms with E-state index in [1.165, 1.54) is 72.3 Å². The van der Waals surface area contributed by atoms with Crippen molar-refractivity contribution in [2.24, 2.45) is 23.7 Å². The number of rotatable bonds is 20. The number of carbonyl (C=O) groups is 8. The van der Waals surface area contributed by atoms with Gasteiger partial charge in [-0.25, -0.2) is 0 Å². The van der Waals surface area contributed by atoms with E-state index in [0.29, 0.717) is 44.4 Å². The van der Waals surface area contributed by atoms with E-state index in [4.69, 9.17) is 5.11 Å². The largest absolute Gasteiger partial charge is 0.480 e. The fraction of sp³-hybridized carbons (Fsp3) is 0.495. The molecule has 22 nitrogen and oxygen atoms in total. The molecule has 9 saturated heterocycles. The summed E-state index contributed by atoms with van der Waals surface area (Å²) in [7, 11) is 0. The van der Waals surface area contributed by atoms with Crippen LogP contribution in [0, 0.1) is 23.7 Å². The summed E-state index contributed by atoms with van der Waals surface area (Å²) < 4.78 is 0. The molecule has 12 fully saturated rings. The predicted octanol–water partition coefficient (Wildman–Crippen LogP) is 16.2. The normalized spacial score (nSPS) is 20.9. The van der Waals surface area contributed by atoms with Crippen LogP contribution in [0.2, 0.25) is 0 Å². The lowest BCUT2D eigenvalue weighted by molar-refractivity contribution is -0.144. The molecule has 0 atom stereocenters. The lowest BCUT2D eigenvalue weighted by atomic mass is 9.80. The highest BCUT2D eigenvalue weighted by Crippen LogP contribution is 2.47. The smallest absolute Gasteiger partial charge is 0.323 e. The van der Waals surface area contributed by atoms with Gasteiger partial charge in [0.1, 0.15) is 48.3 Å². The minimum absolute atomic E-state index is 0.0200. The average molecular weight is 1800 g/mol. The van der Waals surface area contributed by atoms with Crippen LogP contribution in [-0.4, -0.2) is 227 Å². The highest BCUT2D eigenvalue weighted by Gasteiger charge is 2.57. The molecule has 3 saturated carbocycles. The van der Waals surface area contributed by atoms with Gasteiger partial charge in [0.2, 0.25) is 41.4 Å². The van der Waals surface area contributed by atoms with Crippen molar-refractivity contribution in [1.82, 2.24) is 44.9 Å². The molecule has 8 aromatic carbocycles. The molecule has 9 aliphatic heterocycles. The molecule has 0 radical (unpaired) electrons. The summed E-state index contributed by atoms with van der Waals surface area (Å²) in [5, 5.41) is 15.8. The van der Waals surface area contributed by atoms with Crippen LogP contribution in [0.15, 0.2) is 243 Å². The molecular formula is C111H141N13O9. The van der Waals surface area contributed by atoms with Gasteiger partial charge in [-0.1, -0.05) is 252 Å². The van der Waals surface area contributed by atoms with Crippen molar-refractivity contribution < 1.29 is 43.5 Å². The van der Waals surface area contributed by atoms with E-state index in [2.05, 4.69) is 188 Å². The summed E-state index contributed by atoms with van der Waals surface area (Å²) >= 11 is 0. The highest BCUT2D eigenvalue weighted by atomic mass is 16.4. The maximum atomic E-state index is 13.7. The topological polar surface area (TPSA) is 216 Å². The Morgan fingerprint density at radius 1 is 0.263 bits per heavy atom. The molecule has 12 aliphatic rings. The van der Waals surface area contributed by atoms with Gasteiger partial charge in [0.15, 0.2) is 0 Å². The Bertz CT molecular complexity index is 4650. The molecule has 4 spiro atoms. The van der Waals surface area contributed by atoms with Gasteiger partial charge in [0.25, 0.3) is 0 Å². The number of hydrogen-bond acceptors (Lipinski definition) is 14. The number of hydrogen-bond donors (Lipinski definition) is 3. The summed E-state index contributed by atoms with van der Waals surface area (Å²) in [6.45, 7) is 11.1. The molecular weight excluding hydrogens is 1660 g/mol. The van der Waals surface area contributed by atoms with Crippen LogP contribution in [0.4, 0.5) is 22.7 Å². The van der Waals surface area contributed by atoms with E-state index in [1.807, 2.05) is 109 Å². The van der Waals surface area contributed by atoms with Gasteiger partial charge in [0, 0.05) is 62.0 Å². The molecule has 7 amide bonds. The van der Waals surface area contributed by atoms with Crippen molar-refractivity contribution in [3.63, 3.8) is 0 Å². The predicted molar refractivity (Wildman–Crippen MR) is 526 cm³/mol. The molecule has 704 valence electrons. The van der Waals surface area contributed by atoms with E-state index in [1.54, 1.807) is 4.90 Å². The number of para-hydroxylation sites is 4. The number of nitrogens with zero attached hydrogens (tertiary/aromatic N) is 11. The van der Waals surface area contributed by atoms with Crippen LogP contribution < -0.4 is 30.2 Å². The fourth-order valence-corrected chi connectivity index (χ4v) is 23.5. The molecule has 9 heterocycles. The lowest BCUT2D eigenvalue weighted by Gasteiger charge is -2.40. The number of anilines is 4. The Kier molecular flexibility index (Phi) is 32.5. The van der Waals surface area contributed by atoms with Crippen LogP contribution in [0.3, 0.4) is 0 Å². The number of carboxylic acid groups (broad SMARTS) is 1. The van der Waals surface area contributed by atoms with Crippen LogP contribution in [0.1, 0.15) is 183 Å². The summed E-state index contributed by atoms with van der Waals surface area (Å²) in [4.78, 5) is 126. The lowest BCUT2D eigenvalue weighted by Crippen LogP contribution is -2.56. The maximum absolute atomic E-state index is 13.7. The Balaban J connectivity index is 0.000000125. The second-order valence-corrected chi connectivity index (χ2v) is 39.5. The minimum atomic E-state index is -0.954. The van der Waals surface area contributed by atoms with Gasteiger partial charge in [-0.3, -0.25) is 38.4 Å². The number of carboxylic acids is 1. The van der Waals surface area contributed by atoms with Crippen molar-refractivity contribution >= 4 is 70.1 Å². The maximum Gasteiger partial charge on any atom is 0.323 e. The first-order valence-corrected chi connectivity index (χ1v) is 50.2. The first-order chi connectivity index (χ1) is 65.0. The monoisotopic (exact) mass is 1800 g/mol. The number of carbonyl (C=O) groups excluding carboxylic acids is 7. The summed E-state index contributed by atoms with van der Waals surface area (Å²) in [5.74, 6) is 2.51. The van der Waals surface area contributed by atoms with Gasteiger partial charge in [-0.2, -0.15) is 0 Å². The number of likely N-dealkylation sites (tertiary alicyclic amines) is 3. The Hall–Kier alpha value is -11.4. The van der Waals surface area contributed by atoms with Gasteiger partial charge in [-0.05, 0) is 249 Å². The molecule has 0 bridgehead atoms. The van der Waals surface area contributed by atoms with E-state index in [-0.39, 0.29) is 67.5 Å². The third-order valence-electron chi connectivity index (χ3n) is 30.9. The molecule has 22 heteroatoms. The quantitative estimate of drug-likeness (QED) is 0.0647. The zero-order chi connectivity index (χ0) is 91.8. The van der Waals surface area contributed by atoms with Crippen LogP contribution in [0.5, 0.6) is 0 Å².